The van der Waals surface area contributed by atoms with E-state index in [9.17, 15) is 12.8 Å². The highest BCUT2D eigenvalue weighted by molar-refractivity contribution is 7.91. The summed E-state index contributed by atoms with van der Waals surface area (Å²) in [7, 11) is -3.66. The van der Waals surface area contributed by atoms with Gasteiger partial charge in [-0.3, -0.25) is 4.90 Å². The number of hydrogen-bond acceptors (Lipinski definition) is 6. The van der Waals surface area contributed by atoms with Gasteiger partial charge in [0.1, 0.15) is 11.6 Å². The van der Waals surface area contributed by atoms with E-state index in [1.165, 1.54) is 6.07 Å². The lowest BCUT2D eigenvalue weighted by atomic mass is 10.0. The largest absolute Gasteiger partial charge is 0.366 e. The van der Waals surface area contributed by atoms with E-state index in [2.05, 4.69) is 20.4 Å². The Morgan fingerprint density at radius 1 is 1.00 bits per heavy atom. The quantitative estimate of drug-likeness (QED) is 0.590. The third kappa shape index (κ3) is 4.63. The van der Waals surface area contributed by atoms with E-state index in [1.54, 1.807) is 49.4 Å². The predicted octanol–water partition coefficient (Wildman–Crippen LogP) is 4.08. The van der Waals surface area contributed by atoms with Gasteiger partial charge in [-0.2, -0.15) is 0 Å². The van der Waals surface area contributed by atoms with Crippen molar-refractivity contribution in [2.45, 2.75) is 42.3 Å². The molecule has 2 heterocycles. The molecule has 1 N–H and O–H groups in total. The number of likely N-dealkylation sites (tertiary alicyclic amines) is 1. The lowest BCUT2D eigenvalue weighted by Gasteiger charge is -2.20. The van der Waals surface area contributed by atoms with Crippen LogP contribution in [0.3, 0.4) is 0 Å². The van der Waals surface area contributed by atoms with E-state index in [1.807, 2.05) is 12.1 Å². The molecule has 1 aromatic heterocycles. The zero-order valence-corrected chi connectivity index (χ0v) is 19.3. The number of nitrogens with one attached hydrogen (secondary N) is 1. The standard InChI is InChI=1S/C25H27FN4O2S/c1-17-11-18(7-8-23(17)26)14-30-15-19-12-21(13-20(19)16-30)27-24-9-10-25(29-28-24)33(31,32)22-5-3-2-4-6-22/h2-11,19-21H,12-16H2,1H3,(H,27,28)/t19-,20?,21?/m1/s1. The van der Waals surface area contributed by atoms with Gasteiger partial charge in [-0.05, 0) is 73.1 Å². The Morgan fingerprint density at radius 2 is 1.73 bits per heavy atom. The van der Waals surface area contributed by atoms with E-state index in [-0.39, 0.29) is 15.7 Å². The molecule has 33 heavy (non-hydrogen) atoms. The first-order chi connectivity index (χ1) is 15.9. The molecule has 0 bridgehead atoms. The summed E-state index contributed by atoms with van der Waals surface area (Å²) >= 11 is 0. The first-order valence-electron chi connectivity index (χ1n) is 11.3. The van der Waals surface area contributed by atoms with Crippen LogP contribution in [0.4, 0.5) is 10.2 Å². The molecular weight excluding hydrogens is 439 g/mol. The van der Waals surface area contributed by atoms with Gasteiger partial charge in [-0.15, -0.1) is 10.2 Å². The summed E-state index contributed by atoms with van der Waals surface area (Å²) in [4.78, 5) is 2.67. The molecule has 2 unspecified atom stereocenters. The summed E-state index contributed by atoms with van der Waals surface area (Å²) in [5.41, 5.74) is 1.85. The molecule has 5 rings (SSSR count). The van der Waals surface area contributed by atoms with Gasteiger partial charge in [-0.1, -0.05) is 30.3 Å². The second kappa shape index (κ2) is 8.83. The molecule has 2 aliphatic rings. The number of fused-ring (bicyclic) bond motifs is 1. The van der Waals surface area contributed by atoms with Crippen LogP contribution in [0.5, 0.6) is 0 Å². The normalized spacial score (nSPS) is 22.9. The molecule has 172 valence electrons. The molecule has 1 aliphatic heterocycles. The minimum atomic E-state index is -3.66. The Morgan fingerprint density at radius 3 is 2.36 bits per heavy atom. The van der Waals surface area contributed by atoms with Crippen molar-refractivity contribution < 1.29 is 12.8 Å². The van der Waals surface area contributed by atoms with Gasteiger partial charge in [0.2, 0.25) is 9.84 Å². The zero-order chi connectivity index (χ0) is 23.0. The number of rotatable bonds is 6. The van der Waals surface area contributed by atoms with Gasteiger partial charge in [0, 0.05) is 25.7 Å². The molecule has 1 saturated carbocycles. The molecule has 0 radical (unpaired) electrons. The van der Waals surface area contributed by atoms with Crippen LogP contribution in [0.15, 0.2) is 70.6 Å². The second-order valence-electron chi connectivity index (χ2n) is 9.18. The van der Waals surface area contributed by atoms with Crippen molar-refractivity contribution in [3.05, 3.63) is 77.6 Å². The number of anilines is 1. The molecule has 1 saturated heterocycles. The Kier molecular flexibility index (Phi) is 5.88. The maximum absolute atomic E-state index is 13.5. The average molecular weight is 467 g/mol. The topological polar surface area (TPSA) is 75.2 Å². The smallest absolute Gasteiger partial charge is 0.225 e. The Hall–Kier alpha value is -2.84. The Bertz CT molecular complexity index is 1220. The highest BCUT2D eigenvalue weighted by atomic mass is 32.2. The lowest BCUT2D eigenvalue weighted by molar-refractivity contribution is 0.301. The molecular formula is C25H27FN4O2S. The van der Waals surface area contributed by atoms with Gasteiger partial charge in [-0.25, -0.2) is 12.8 Å². The number of halogens is 1. The summed E-state index contributed by atoms with van der Waals surface area (Å²) < 4.78 is 38.9. The Balaban J connectivity index is 1.16. The van der Waals surface area contributed by atoms with E-state index < -0.39 is 9.84 Å². The number of nitrogens with zero attached hydrogens (tertiary/aromatic N) is 3. The van der Waals surface area contributed by atoms with Crippen LogP contribution in [-0.2, 0) is 16.4 Å². The van der Waals surface area contributed by atoms with Crippen molar-refractivity contribution >= 4 is 15.7 Å². The minimum Gasteiger partial charge on any atom is -0.366 e. The summed E-state index contributed by atoms with van der Waals surface area (Å²) in [5, 5.41) is 11.5. The van der Waals surface area contributed by atoms with Gasteiger partial charge in [0.05, 0.1) is 4.90 Å². The molecule has 1 aliphatic carbocycles. The molecule has 0 amide bonds. The molecule has 6 nitrogen and oxygen atoms in total. The Labute approximate surface area is 193 Å². The fourth-order valence-corrected chi connectivity index (χ4v) is 6.33. The van der Waals surface area contributed by atoms with Crippen molar-refractivity contribution in [1.29, 1.82) is 0 Å². The van der Waals surface area contributed by atoms with Crippen LogP contribution in [-0.4, -0.2) is 42.6 Å². The summed E-state index contributed by atoms with van der Waals surface area (Å²) in [6, 6.07) is 17.2. The van der Waals surface area contributed by atoms with Gasteiger partial charge < -0.3 is 5.32 Å². The maximum atomic E-state index is 13.5. The number of sulfone groups is 1. The third-order valence-corrected chi connectivity index (χ3v) is 8.44. The van der Waals surface area contributed by atoms with Crippen LogP contribution in [0, 0.1) is 24.6 Å². The molecule has 3 atom stereocenters. The summed E-state index contributed by atoms with van der Waals surface area (Å²) in [5.74, 6) is 1.69. The summed E-state index contributed by atoms with van der Waals surface area (Å²) in [6.07, 6.45) is 2.10. The molecule has 2 aromatic carbocycles. The number of benzene rings is 2. The van der Waals surface area contributed by atoms with E-state index in [0.717, 1.165) is 38.0 Å². The molecule has 3 aromatic rings. The highest BCUT2D eigenvalue weighted by Crippen LogP contribution is 2.39. The fourth-order valence-electron chi connectivity index (χ4n) is 5.18. The van der Waals surface area contributed by atoms with Gasteiger partial charge in [0.25, 0.3) is 0 Å². The first-order valence-corrected chi connectivity index (χ1v) is 12.7. The predicted molar refractivity (Wildman–Crippen MR) is 124 cm³/mol. The fraction of sp³-hybridized carbons (Fsp3) is 0.360. The van der Waals surface area contributed by atoms with Crippen molar-refractivity contribution in [2.75, 3.05) is 18.4 Å². The van der Waals surface area contributed by atoms with Crippen LogP contribution < -0.4 is 5.32 Å². The second-order valence-corrected chi connectivity index (χ2v) is 11.1. The minimum absolute atomic E-state index is 0.0470. The van der Waals surface area contributed by atoms with Crippen LogP contribution in [0.1, 0.15) is 24.0 Å². The number of hydrogen-bond donors (Lipinski definition) is 1. The summed E-state index contributed by atoms with van der Waals surface area (Å²) in [6.45, 7) is 4.74. The number of aryl methyl sites for hydroxylation is 1. The maximum Gasteiger partial charge on any atom is 0.225 e. The molecule has 0 spiro atoms. The zero-order valence-electron chi connectivity index (χ0n) is 18.5. The first kappa shape index (κ1) is 22.0. The van der Waals surface area contributed by atoms with Gasteiger partial charge in [0.15, 0.2) is 5.03 Å². The van der Waals surface area contributed by atoms with E-state index in [0.29, 0.717) is 29.3 Å². The molecule has 8 heteroatoms. The SMILES string of the molecule is Cc1cc(CN2CC3CC(Nc4ccc(S(=O)(=O)c5ccccc5)nn4)C[C@@H]3C2)ccc1F. The highest BCUT2D eigenvalue weighted by Gasteiger charge is 2.40. The van der Waals surface area contributed by atoms with Crippen molar-refractivity contribution in [1.82, 2.24) is 15.1 Å². The molecule has 2 fully saturated rings. The average Bonchev–Trinajstić information content (AvgIpc) is 3.35. The lowest BCUT2D eigenvalue weighted by Crippen LogP contribution is -2.25. The van der Waals surface area contributed by atoms with Crippen LogP contribution in [0.25, 0.3) is 0 Å². The number of aromatic nitrogens is 2. The van der Waals surface area contributed by atoms with Crippen molar-refractivity contribution in [3.8, 4) is 0 Å². The van der Waals surface area contributed by atoms with Crippen molar-refractivity contribution in [3.63, 3.8) is 0 Å². The van der Waals surface area contributed by atoms with E-state index >= 15 is 0 Å². The third-order valence-electron chi connectivity index (χ3n) is 6.78. The van der Waals surface area contributed by atoms with Crippen LogP contribution >= 0.6 is 0 Å². The van der Waals surface area contributed by atoms with Crippen molar-refractivity contribution in [2.24, 2.45) is 11.8 Å². The monoisotopic (exact) mass is 466 g/mol. The van der Waals surface area contributed by atoms with Gasteiger partial charge >= 0.3 is 0 Å². The van der Waals surface area contributed by atoms with E-state index in [4.69, 9.17) is 0 Å². The van der Waals surface area contributed by atoms with Crippen LogP contribution in [0.2, 0.25) is 0 Å².